The summed E-state index contributed by atoms with van der Waals surface area (Å²) in [4.78, 5) is 11.9. The Bertz CT molecular complexity index is 376. The second-order valence-electron chi connectivity index (χ2n) is 3.08. The van der Waals surface area contributed by atoms with Crippen LogP contribution in [0.4, 0.5) is 0 Å². The highest BCUT2D eigenvalue weighted by Gasteiger charge is 2.30. The standard InChI is InChI=1S/C10H10O3S/c1-13-8-4-2-3-6-7(10(11)12)5-14-9(6)8/h2-4,7H,5H2,1H3,(H,11,12). The van der Waals surface area contributed by atoms with Crippen LogP contribution in [0.2, 0.25) is 0 Å². The van der Waals surface area contributed by atoms with Crippen LogP contribution in [0.3, 0.4) is 0 Å². The predicted octanol–water partition coefficient (Wildman–Crippen LogP) is 1.97. The van der Waals surface area contributed by atoms with Gasteiger partial charge in [0.1, 0.15) is 5.75 Å². The lowest BCUT2D eigenvalue weighted by atomic mass is 10.0. The van der Waals surface area contributed by atoms with E-state index in [1.165, 1.54) is 0 Å². The second-order valence-corrected chi connectivity index (χ2v) is 4.11. The number of hydrogen-bond donors (Lipinski definition) is 1. The van der Waals surface area contributed by atoms with Crippen LogP contribution in [0.15, 0.2) is 23.1 Å². The molecule has 74 valence electrons. The Balaban J connectivity index is 2.46. The summed E-state index contributed by atoms with van der Waals surface area (Å²) >= 11 is 1.55. The molecule has 14 heavy (non-hydrogen) atoms. The van der Waals surface area contributed by atoms with Gasteiger partial charge >= 0.3 is 5.97 Å². The third-order valence-corrected chi connectivity index (χ3v) is 3.52. The molecule has 0 aromatic heterocycles. The number of methoxy groups -OCH3 is 1. The van der Waals surface area contributed by atoms with Crippen LogP contribution in [0.1, 0.15) is 11.5 Å². The first-order chi connectivity index (χ1) is 6.74. The molecule has 0 saturated carbocycles. The maximum atomic E-state index is 10.9. The number of thioether (sulfide) groups is 1. The number of rotatable bonds is 2. The van der Waals surface area contributed by atoms with Gasteiger partial charge in [0.25, 0.3) is 0 Å². The molecule has 0 amide bonds. The summed E-state index contributed by atoms with van der Waals surface area (Å²) in [5, 5.41) is 8.97. The maximum Gasteiger partial charge on any atom is 0.311 e. The fourth-order valence-electron chi connectivity index (χ4n) is 1.58. The van der Waals surface area contributed by atoms with Crippen LogP contribution >= 0.6 is 11.8 Å². The second kappa shape index (κ2) is 3.53. The summed E-state index contributed by atoms with van der Waals surface area (Å²) in [5.74, 6) is 0.233. The Labute approximate surface area is 86.1 Å². The smallest absolute Gasteiger partial charge is 0.311 e. The minimum atomic E-state index is -0.760. The molecular weight excluding hydrogens is 200 g/mol. The molecule has 1 aliphatic rings. The van der Waals surface area contributed by atoms with Crippen molar-refractivity contribution in [1.82, 2.24) is 0 Å². The van der Waals surface area contributed by atoms with Crippen molar-refractivity contribution in [2.24, 2.45) is 0 Å². The predicted molar refractivity (Wildman–Crippen MR) is 54.1 cm³/mol. The highest BCUT2D eigenvalue weighted by Crippen LogP contribution is 2.44. The molecule has 0 fully saturated rings. The first-order valence-electron chi connectivity index (χ1n) is 4.26. The molecular formula is C10H10O3S. The molecule has 1 N–H and O–H groups in total. The highest BCUT2D eigenvalue weighted by molar-refractivity contribution is 7.99. The first-order valence-corrected chi connectivity index (χ1v) is 5.25. The zero-order chi connectivity index (χ0) is 10.1. The number of benzene rings is 1. The maximum absolute atomic E-state index is 10.9. The van der Waals surface area contributed by atoms with E-state index in [0.29, 0.717) is 5.75 Å². The SMILES string of the molecule is COc1cccc2c1SCC2C(=O)O. The van der Waals surface area contributed by atoms with Gasteiger partial charge in [-0.25, -0.2) is 0 Å². The average Bonchev–Trinajstić information content (AvgIpc) is 2.60. The molecule has 3 nitrogen and oxygen atoms in total. The van der Waals surface area contributed by atoms with Crippen molar-refractivity contribution >= 4 is 17.7 Å². The Hall–Kier alpha value is -1.16. The molecule has 1 aliphatic heterocycles. The van der Waals surface area contributed by atoms with Crippen LogP contribution in [0, 0.1) is 0 Å². The van der Waals surface area contributed by atoms with E-state index in [0.717, 1.165) is 16.2 Å². The number of fused-ring (bicyclic) bond motifs is 1. The van der Waals surface area contributed by atoms with E-state index in [2.05, 4.69) is 0 Å². The van der Waals surface area contributed by atoms with Gasteiger partial charge in [0.05, 0.1) is 17.9 Å². The topological polar surface area (TPSA) is 46.5 Å². The van der Waals surface area contributed by atoms with Crippen LogP contribution in [0.25, 0.3) is 0 Å². The van der Waals surface area contributed by atoms with Crippen molar-refractivity contribution in [2.45, 2.75) is 10.8 Å². The number of carboxylic acid groups (broad SMARTS) is 1. The Morgan fingerprint density at radius 1 is 1.64 bits per heavy atom. The molecule has 0 aliphatic carbocycles. The number of carbonyl (C=O) groups is 1. The van der Waals surface area contributed by atoms with Gasteiger partial charge in [0, 0.05) is 5.75 Å². The third-order valence-electron chi connectivity index (χ3n) is 2.30. The number of ether oxygens (including phenoxy) is 1. The van der Waals surface area contributed by atoms with Crippen LogP contribution < -0.4 is 4.74 Å². The van der Waals surface area contributed by atoms with Crippen molar-refractivity contribution in [1.29, 1.82) is 0 Å². The molecule has 0 bridgehead atoms. The minimum absolute atomic E-state index is 0.384. The summed E-state index contributed by atoms with van der Waals surface area (Å²) in [7, 11) is 1.60. The number of carboxylic acids is 1. The molecule has 4 heteroatoms. The molecule has 1 heterocycles. The van der Waals surface area contributed by atoms with Gasteiger partial charge in [-0.05, 0) is 11.6 Å². The van der Waals surface area contributed by atoms with Gasteiger partial charge in [0.15, 0.2) is 0 Å². The quantitative estimate of drug-likeness (QED) is 0.810. The summed E-state index contributed by atoms with van der Waals surface area (Å²) in [6.45, 7) is 0. The molecule has 2 rings (SSSR count). The monoisotopic (exact) mass is 210 g/mol. The van der Waals surface area contributed by atoms with Gasteiger partial charge in [-0.15, -0.1) is 11.8 Å². The Morgan fingerprint density at radius 3 is 3.07 bits per heavy atom. The molecule has 1 aromatic carbocycles. The van der Waals surface area contributed by atoms with Crippen molar-refractivity contribution in [2.75, 3.05) is 12.9 Å². The summed E-state index contributed by atoms with van der Waals surface area (Å²) in [6, 6.07) is 5.55. The van der Waals surface area contributed by atoms with E-state index < -0.39 is 5.97 Å². The molecule has 1 unspecified atom stereocenters. The summed E-state index contributed by atoms with van der Waals surface area (Å²) < 4.78 is 5.17. The lowest BCUT2D eigenvalue weighted by Crippen LogP contribution is -2.10. The fourth-order valence-corrected chi connectivity index (χ4v) is 2.91. The largest absolute Gasteiger partial charge is 0.496 e. The normalized spacial score (nSPS) is 19.1. The summed E-state index contributed by atoms with van der Waals surface area (Å²) in [6.07, 6.45) is 0. The van der Waals surface area contributed by atoms with Crippen molar-refractivity contribution in [3.8, 4) is 5.75 Å². The number of hydrogen-bond acceptors (Lipinski definition) is 3. The number of aliphatic carboxylic acids is 1. The third kappa shape index (κ3) is 1.35. The zero-order valence-electron chi connectivity index (χ0n) is 7.69. The highest BCUT2D eigenvalue weighted by atomic mass is 32.2. The first kappa shape index (κ1) is 9.40. The van der Waals surface area contributed by atoms with Crippen LogP contribution in [0.5, 0.6) is 5.75 Å². The Morgan fingerprint density at radius 2 is 2.43 bits per heavy atom. The van der Waals surface area contributed by atoms with Gasteiger partial charge in [-0.3, -0.25) is 4.79 Å². The van der Waals surface area contributed by atoms with Gasteiger partial charge in [-0.2, -0.15) is 0 Å². The van der Waals surface area contributed by atoms with E-state index >= 15 is 0 Å². The summed E-state index contributed by atoms with van der Waals surface area (Å²) in [5.41, 5.74) is 0.877. The molecule has 0 saturated heterocycles. The fraction of sp³-hybridized carbons (Fsp3) is 0.300. The molecule has 0 spiro atoms. The van der Waals surface area contributed by atoms with E-state index in [1.54, 1.807) is 18.9 Å². The van der Waals surface area contributed by atoms with E-state index in [4.69, 9.17) is 9.84 Å². The van der Waals surface area contributed by atoms with Crippen LogP contribution in [-0.2, 0) is 4.79 Å². The van der Waals surface area contributed by atoms with Crippen LogP contribution in [-0.4, -0.2) is 23.9 Å². The van der Waals surface area contributed by atoms with Crippen molar-refractivity contribution in [3.63, 3.8) is 0 Å². The Kier molecular flexibility index (Phi) is 2.37. The molecule has 1 aromatic rings. The van der Waals surface area contributed by atoms with Crippen molar-refractivity contribution < 1.29 is 14.6 Å². The minimum Gasteiger partial charge on any atom is -0.496 e. The van der Waals surface area contributed by atoms with Gasteiger partial charge in [-0.1, -0.05) is 12.1 Å². The molecule has 1 atom stereocenters. The average molecular weight is 210 g/mol. The van der Waals surface area contributed by atoms with Gasteiger partial charge < -0.3 is 9.84 Å². The van der Waals surface area contributed by atoms with E-state index in [9.17, 15) is 4.79 Å². The lowest BCUT2D eigenvalue weighted by Gasteiger charge is -2.07. The zero-order valence-corrected chi connectivity index (χ0v) is 8.50. The van der Waals surface area contributed by atoms with E-state index in [-0.39, 0.29) is 5.92 Å². The lowest BCUT2D eigenvalue weighted by molar-refractivity contribution is -0.138. The van der Waals surface area contributed by atoms with E-state index in [1.807, 2.05) is 18.2 Å². The molecule has 0 radical (unpaired) electrons. The van der Waals surface area contributed by atoms with Gasteiger partial charge in [0.2, 0.25) is 0 Å². The van der Waals surface area contributed by atoms with Crippen molar-refractivity contribution in [3.05, 3.63) is 23.8 Å².